The van der Waals surface area contributed by atoms with Crippen LogP contribution in [-0.2, 0) is 9.59 Å². The predicted octanol–water partition coefficient (Wildman–Crippen LogP) is 5.27. The van der Waals surface area contributed by atoms with Gasteiger partial charge in [0.15, 0.2) is 6.61 Å². The fraction of sp³-hybridized carbons (Fsp3) is 0.214. The molecule has 4 rings (SSSR count). The summed E-state index contributed by atoms with van der Waals surface area (Å²) in [5, 5.41) is 2.85. The normalized spacial score (nSPS) is 13.0. The molecule has 1 aliphatic heterocycles. The van der Waals surface area contributed by atoms with Crippen LogP contribution in [0.5, 0.6) is 11.5 Å². The maximum absolute atomic E-state index is 12.4. The van der Waals surface area contributed by atoms with Crippen molar-refractivity contribution in [2.45, 2.75) is 19.8 Å². The monoisotopic (exact) mass is 456 g/mol. The third-order valence-corrected chi connectivity index (χ3v) is 5.53. The maximum Gasteiger partial charge on any atom is 0.265 e. The standard InChI is InChI=1S/C28H28N2O4/c1-20(2)22-11-8-21(9-12-22)10-15-27(31)29-23-13-14-25-26(18-23)34-19-28(32)30(25)16-17-33-24-6-4-3-5-7-24/h3-15,18,20H,16-17,19H2,1-2H3,(H,29,31)/b15-10+. The Morgan fingerprint density at radius 2 is 1.85 bits per heavy atom. The quantitative estimate of drug-likeness (QED) is 0.469. The molecule has 34 heavy (non-hydrogen) atoms. The molecule has 0 saturated carbocycles. The number of rotatable bonds is 8. The molecule has 0 radical (unpaired) electrons. The Morgan fingerprint density at radius 1 is 1.09 bits per heavy atom. The van der Waals surface area contributed by atoms with Crippen LogP contribution in [0.4, 0.5) is 11.4 Å². The lowest BCUT2D eigenvalue weighted by atomic mass is 10.0. The number of nitrogens with zero attached hydrogens (tertiary/aromatic N) is 1. The minimum atomic E-state index is -0.243. The first-order valence-electron chi connectivity index (χ1n) is 11.3. The molecular formula is C28H28N2O4. The topological polar surface area (TPSA) is 67.9 Å². The summed E-state index contributed by atoms with van der Waals surface area (Å²) >= 11 is 0. The van der Waals surface area contributed by atoms with Gasteiger partial charge in [-0.15, -0.1) is 0 Å². The van der Waals surface area contributed by atoms with E-state index < -0.39 is 0 Å². The Bertz CT molecular complexity index is 1170. The van der Waals surface area contributed by atoms with Gasteiger partial charge in [-0.25, -0.2) is 0 Å². The van der Waals surface area contributed by atoms with Crippen molar-refractivity contribution in [2.75, 3.05) is 30.0 Å². The van der Waals surface area contributed by atoms with Crippen molar-refractivity contribution in [3.05, 3.63) is 90.0 Å². The number of carbonyl (C=O) groups excluding carboxylic acids is 2. The van der Waals surface area contributed by atoms with E-state index in [2.05, 4.69) is 31.3 Å². The molecular weight excluding hydrogens is 428 g/mol. The number of benzene rings is 3. The summed E-state index contributed by atoms with van der Waals surface area (Å²) in [6.45, 7) is 5.00. The first-order valence-corrected chi connectivity index (χ1v) is 11.3. The minimum Gasteiger partial charge on any atom is -0.492 e. The van der Waals surface area contributed by atoms with Crippen LogP contribution in [0.2, 0.25) is 0 Å². The molecule has 2 amide bonds. The van der Waals surface area contributed by atoms with Gasteiger partial charge in [0.05, 0.1) is 12.2 Å². The van der Waals surface area contributed by atoms with Gasteiger partial charge in [-0.2, -0.15) is 0 Å². The SMILES string of the molecule is CC(C)c1ccc(/C=C/C(=O)Nc2ccc3c(c2)OCC(=O)N3CCOc2ccccc2)cc1. The molecule has 0 fully saturated rings. The second-order valence-corrected chi connectivity index (χ2v) is 8.32. The van der Waals surface area contributed by atoms with E-state index in [-0.39, 0.29) is 18.4 Å². The molecule has 6 nitrogen and oxygen atoms in total. The number of hydrogen-bond donors (Lipinski definition) is 1. The summed E-state index contributed by atoms with van der Waals surface area (Å²) in [6.07, 6.45) is 3.28. The smallest absolute Gasteiger partial charge is 0.265 e. The predicted molar refractivity (Wildman–Crippen MR) is 134 cm³/mol. The zero-order valence-electron chi connectivity index (χ0n) is 19.4. The molecule has 1 heterocycles. The third-order valence-electron chi connectivity index (χ3n) is 5.53. The largest absolute Gasteiger partial charge is 0.492 e. The first-order chi connectivity index (χ1) is 16.5. The van der Waals surface area contributed by atoms with Crippen LogP contribution < -0.4 is 19.7 Å². The van der Waals surface area contributed by atoms with E-state index in [9.17, 15) is 9.59 Å². The highest BCUT2D eigenvalue weighted by Crippen LogP contribution is 2.34. The zero-order chi connectivity index (χ0) is 23.9. The lowest BCUT2D eigenvalue weighted by molar-refractivity contribution is -0.121. The summed E-state index contributed by atoms with van der Waals surface area (Å²) in [4.78, 5) is 26.5. The van der Waals surface area contributed by atoms with Crippen LogP contribution in [-0.4, -0.2) is 31.6 Å². The van der Waals surface area contributed by atoms with Crippen LogP contribution in [0.25, 0.3) is 6.08 Å². The molecule has 1 aliphatic rings. The Labute approximate surface area is 199 Å². The molecule has 0 atom stereocenters. The molecule has 6 heteroatoms. The second kappa shape index (κ2) is 10.7. The average Bonchev–Trinajstić information content (AvgIpc) is 2.85. The number of amides is 2. The minimum absolute atomic E-state index is 0.0536. The summed E-state index contributed by atoms with van der Waals surface area (Å²) in [5.74, 6) is 1.39. The number of anilines is 2. The van der Waals surface area contributed by atoms with Gasteiger partial charge in [0, 0.05) is 17.8 Å². The molecule has 174 valence electrons. The van der Waals surface area contributed by atoms with E-state index in [0.717, 1.165) is 11.3 Å². The molecule has 0 saturated heterocycles. The third kappa shape index (κ3) is 5.84. The highest BCUT2D eigenvalue weighted by molar-refractivity contribution is 6.03. The van der Waals surface area contributed by atoms with Gasteiger partial charge in [0.1, 0.15) is 18.1 Å². The van der Waals surface area contributed by atoms with Crippen LogP contribution in [0.15, 0.2) is 78.9 Å². The fourth-order valence-corrected chi connectivity index (χ4v) is 3.65. The van der Waals surface area contributed by atoms with Gasteiger partial charge >= 0.3 is 0 Å². The zero-order valence-corrected chi connectivity index (χ0v) is 19.4. The van der Waals surface area contributed by atoms with Crippen LogP contribution >= 0.6 is 0 Å². The second-order valence-electron chi connectivity index (χ2n) is 8.32. The van der Waals surface area contributed by atoms with E-state index in [1.54, 1.807) is 29.2 Å². The van der Waals surface area contributed by atoms with Gasteiger partial charge in [-0.1, -0.05) is 56.3 Å². The lowest BCUT2D eigenvalue weighted by Crippen LogP contribution is -2.41. The van der Waals surface area contributed by atoms with Crippen molar-refractivity contribution in [3.8, 4) is 11.5 Å². The van der Waals surface area contributed by atoms with E-state index >= 15 is 0 Å². The highest BCUT2D eigenvalue weighted by Gasteiger charge is 2.25. The Balaban J connectivity index is 1.37. The molecule has 0 aliphatic carbocycles. The van der Waals surface area contributed by atoms with E-state index in [4.69, 9.17) is 9.47 Å². The van der Waals surface area contributed by atoms with Gasteiger partial charge in [-0.05, 0) is 47.4 Å². The molecule has 1 N–H and O–H groups in total. The summed E-state index contributed by atoms with van der Waals surface area (Å²) in [5.41, 5.74) is 3.47. The van der Waals surface area contributed by atoms with Gasteiger partial charge in [0.2, 0.25) is 5.91 Å². The van der Waals surface area contributed by atoms with E-state index in [1.165, 1.54) is 11.6 Å². The fourth-order valence-electron chi connectivity index (χ4n) is 3.65. The summed E-state index contributed by atoms with van der Waals surface area (Å²) in [6, 6.07) is 22.9. The Morgan fingerprint density at radius 3 is 2.59 bits per heavy atom. The maximum atomic E-state index is 12.4. The van der Waals surface area contributed by atoms with Crippen LogP contribution in [0.3, 0.4) is 0 Å². The van der Waals surface area contributed by atoms with Crippen molar-refractivity contribution in [1.29, 1.82) is 0 Å². The molecule has 0 aromatic heterocycles. The highest BCUT2D eigenvalue weighted by atomic mass is 16.5. The van der Waals surface area contributed by atoms with Crippen molar-refractivity contribution in [1.82, 2.24) is 0 Å². The van der Waals surface area contributed by atoms with Crippen molar-refractivity contribution in [3.63, 3.8) is 0 Å². The van der Waals surface area contributed by atoms with Crippen molar-refractivity contribution >= 4 is 29.3 Å². The number of para-hydroxylation sites is 1. The molecule has 0 spiro atoms. The molecule has 3 aromatic carbocycles. The van der Waals surface area contributed by atoms with Gasteiger partial charge < -0.3 is 19.7 Å². The van der Waals surface area contributed by atoms with E-state index in [0.29, 0.717) is 36.2 Å². The number of fused-ring (bicyclic) bond motifs is 1. The lowest BCUT2D eigenvalue weighted by Gasteiger charge is -2.29. The van der Waals surface area contributed by atoms with Gasteiger partial charge in [0.25, 0.3) is 5.91 Å². The molecule has 0 bridgehead atoms. The van der Waals surface area contributed by atoms with Crippen molar-refractivity contribution in [2.24, 2.45) is 0 Å². The number of hydrogen-bond acceptors (Lipinski definition) is 4. The number of nitrogens with one attached hydrogen (secondary N) is 1. The molecule has 3 aromatic rings. The average molecular weight is 457 g/mol. The first kappa shape index (κ1) is 23.1. The number of ether oxygens (including phenoxy) is 2. The van der Waals surface area contributed by atoms with Gasteiger partial charge in [-0.3, -0.25) is 9.59 Å². The van der Waals surface area contributed by atoms with Crippen molar-refractivity contribution < 1.29 is 19.1 Å². The summed E-state index contributed by atoms with van der Waals surface area (Å²) < 4.78 is 11.3. The van der Waals surface area contributed by atoms with Crippen LogP contribution in [0.1, 0.15) is 30.9 Å². The van der Waals surface area contributed by atoms with E-state index in [1.807, 2.05) is 42.5 Å². The molecule has 0 unspecified atom stereocenters. The number of carbonyl (C=O) groups is 2. The van der Waals surface area contributed by atoms with Crippen LogP contribution in [0, 0.1) is 0 Å². The Kier molecular flexibility index (Phi) is 7.28. The Hall–Kier alpha value is -4.06. The summed E-state index contributed by atoms with van der Waals surface area (Å²) in [7, 11) is 0.